The molecule has 2 aromatic carbocycles. The van der Waals surface area contributed by atoms with Crippen molar-refractivity contribution in [2.45, 2.75) is 6.92 Å². The Hall–Kier alpha value is -3.02. The summed E-state index contributed by atoms with van der Waals surface area (Å²) in [6.07, 6.45) is 1.47. The Bertz CT molecular complexity index is 833. The molecule has 0 saturated heterocycles. The zero-order valence-corrected chi connectivity index (χ0v) is 11.3. The van der Waals surface area contributed by atoms with Gasteiger partial charge in [-0.15, -0.1) is 0 Å². The van der Waals surface area contributed by atoms with Crippen LogP contribution in [0.4, 0.5) is 17.3 Å². The summed E-state index contributed by atoms with van der Waals surface area (Å²) in [6, 6.07) is 12.6. The maximum Gasteiger partial charge on any atom is 0.280 e. The molecule has 21 heavy (non-hydrogen) atoms. The Balaban J connectivity index is 2.00. The van der Waals surface area contributed by atoms with Crippen molar-refractivity contribution < 1.29 is 4.92 Å². The van der Waals surface area contributed by atoms with E-state index in [2.05, 4.69) is 15.3 Å². The summed E-state index contributed by atoms with van der Waals surface area (Å²) < 4.78 is 0. The second kappa shape index (κ2) is 5.16. The molecule has 104 valence electrons. The van der Waals surface area contributed by atoms with E-state index in [0.29, 0.717) is 16.9 Å². The van der Waals surface area contributed by atoms with E-state index in [1.165, 1.54) is 12.3 Å². The smallest absolute Gasteiger partial charge is 0.280 e. The quantitative estimate of drug-likeness (QED) is 0.585. The fourth-order valence-electron chi connectivity index (χ4n) is 2.11. The van der Waals surface area contributed by atoms with Gasteiger partial charge in [0.2, 0.25) is 5.95 Å². The van der Waals surface area contributed by atoms with Gasteiger partial charge in [-0.2, -0.15) is 0 Å². The Kier molecular flexibility index (Phi) is 3.19. The molecule has 3 aromatic rings. The van der Waals surface area contributed by atoms with Gasteiger partial charge in [-0.25, -0.2) is 9.97 Å². The second-order valence-electron chi connectivity index (χ2n) is 4.66. The Morgan fingerprint density at radius 1 is 1.19 bits per heavy atom. The number of nitrogens with zero attached hydrogens (tertiary/aromatic N) is 3. The number of fused-ring (bicyclic) bond motifs is 1. The van der Waals surface area contributed by atoms with Crippen molar-refractivity contribution >= 4 is 28.2 Å². The van der Waals surface area contributed by atoms with Crippen molar-refractivity contribution in [3.8, 4) is 0 Å². The van der Waals surface area contributed by atoms with Gasteiger partial charge in [0.05, 0.1) is 15.8 Å². The standard InChI is InChI=1S/C15H12N4O2/c1-10-4-2-5-11(8-10)17-15-16-9-12-13(18-15)6-3-7-14(12)19(20)21/h2-9H,1H3,(H,16,17,18). The molecule has 0 amide bonds. The van der Waals surface area contributed by atoms with E-state index in [1.807, 2.05) is 31.2 Å². The molecular weight excluding hydrogens is 268 g/mol. The van der Waals surface area contributed by atoms with Crippen molar-refractivity contribution in [2.75, 3.05) is 5.32 Å². The largest absolute Gasteiger partial charge is 0.324 e. The third kappa shape index (κ3) is 2.64. The van der Waals surface area contributed by atoms with Gasteiger partial charge in [0, 0.05) is 18.0 Å². The number of benzene rings is 2. The van der Waals surface area contributed by atoms with Crippen molar-refractivity contribution in [3.63, 3.8) is 0 Å². The summed E-state index contributed by atoms with van der Waals surface area (Å²) in [5, 5.41) is 14.5. The minimum atomic E-state index is -0.431. The number of rotatable bonds is 3. The van der Waals surface area contributed by atoms with E-state index in [9.17, 15) is 10.1 Å². The average molecular weight is 280 g/mol. The molecule has 0 spiro atoms. The van der Waals surface area contributed by atoms with Gasteiger partial charge < -0.3 is 5.32 Å². The number of non-ortho nitro benzene ring substituents is 1. The third-order valence-corrected chi connectivity index (χ3v) is 3.07. The highest BCUT2D eigenvalue weighted by Gasteiger charge is 2.12. The zero-order valence-electron chi connectivity index (χ0n) is 11.3. The molecule has 1 heterocycles. The number of aryl methyl sites for hydroxylation is 1. The fourth-order valence-corrected chi connectivity index (χ4v) is 2.11. The van der Waals surface area contributed by atoms with Gasteiger partial charge in [0.1, 0.15) is 0 Å². The molecule has 0 unspecified atom stereocenters. The van der Waals surface area contributed by atoms with E-state index in [0.717, 1.165) is 11.3 Å². The predicted molar refractivity (Wildman–Crippen MR) is 80.7 cm³/mol. The molecule has 6 heteroatoms. The summed E-state index contributed by atoms with van der Waals surface area (Å²) in [5.41, 5.74) is 2.54. The maximum absolute atomic E-state index is 11.0. The molecular formula is C15H12N4O2. The normalized spacial score (nSPS) is 10.5. The van der Waals surface area contributed by atoms with E-state index in [1.54, 1.807) is 12.1 Å². The topological polar surface area (TPSA) is 81.0 Å². The molecule has 6 nitrogen and oxygen atoms in total. The SMILES string of the molecule is Cc1cccc(Nc2ncc3c([N+](=O)[O-])cccc3n2)c1. The highest BCUT2D eigenvalue weighted by Crippen LogP contribution is 2.24. The lowest BCUT2D eigenvalue weighted by Crippen LogP contribution is -1.98. The van der Waals surface area contributed by atoms with Crippen molar-refractivity contribution in [1.82, 2.24) is 9.97 Å². The van der Waals surface area contributed by atoms with Gasteiger partial charge in [-0.05, 0) is 30.7 Å². The average Bonchev–Trinajstić information content (AvgIpc) is 2.46. The van der Waals surface area contributed by atoms with E-state index >= 15 is 0 Å². The summed E-state index contributed by atoms with van der Waals surface area (Å²) in [7, 11) is 0. The Morgan fingerprint density at radius 2 is 2.00 bits per heavy atom. The highest BCUT2D eigenvalue weighted by molar-refractivity contribution is 5.87. The van der Waals surface area contributed by atoms with Crippen LogP contribution in [-0.2, 0) is 0 Å². The van der Waals surface area contributed by atoms with Crippen LogP contribution in [0.15, 0.2) is 48.7 Å². The lowest BCUT2D eigenvalue weighted by molar-refractivity contribution is -0.383. The van der Waals surface area contributed by atoms with Gasteiger partial charge in [-0.3, -0.25) is 10.1 Å². The van der Waals surface area contributed by atoms with Crippen molar-refractivity contribution in [2.24, 2.45) is 0 Å². The van der Waals surface area contributed by atoms with Crippen molar-refractivity contribution in [3.05, 3.63) is 64.3 Å². The molecule has 0 atom stereocenters. The monoisotopic (exact) mass is 280 g/mol. The Labute approximate surface area is 120 Å². The molecule has 3 rings (SSSR count). The summed E-state index contributed by atoms with van der Waals surface area (Å²) >= 11 is 0. The predicted octanol–water partition coefficient (Wildman–Crippen LogP) is 3.59. The number of hydrogen-bond donors (Lipinski definition) is 1. The van der Waals surface area contributed by atoms with Gasteiger partial charge in [0.25, 0.3) is 5.69 Å². The van der Waals surface area contributed by atoms with Crippen LogP contribution < -0.4 is 5.32 Å². The van der Waals surface area contributed by atoms with Crippen LogP contribution in [0.2, 0.25) is 0 Å². The number of nitro groups is 1. The number of nitro benzene ring substituents is 1. The van der Waals surface area contributed by atoms with Gasteiger partial charge in [0.15, 0.2) is 0 Å². The fraction of sp³-hybridized carbons (Fsp3) is 0.0667. The second-order valence-corrected chi connectivity index (χ2v) is 4.66. The van der Waals surface area contributed by atoms with Crippen LogP contribution >= 0.6 is 0 Å². The molecule has 0 bridgehead atoms. The van der Waals surface area contributed by atoms with Crippen LogP contribution in [0.1, 0.15) is 5.56 Å². The lowest BCUT2D eigenvalue weighted by Gasteiger charge is -2.06. The van der Waals surface area contributed by atoms with Crippen LogP contribution in [0.25, 0.3) is 10.9 Å². The first-order valence-corrected chi connectivity index (χ1v) is 6.37. The Morgan fingerprint density at radius 3 is 2.76 bits per heavy atom. The summed E-state index contributed by atoms with van der Waals surface area (Å²) in [6.45, 7) is 2.00. The minimum absolute atomic E-state index is 0.00889. The molecule has 1 aromatic heterocycles. The number of nitrogens with one attached hydrogen (secondary N) is 1. The molecule has 1 N–H and O–H groups in total. The molecule has 0 aliphatic rings. The van der Waals surface area contributed by atoms with Crippen LogP contribution in [0.3, 0.4) is 0 Å². The van der Waals surface area contributed by atoms with E-state index < -0.39 is 4.92 Å². The highest BCUT2D eigenvalue weighted by atomic mass is 16.6. The van der Waals surface area contributed by atoms with E-state index in [4.69, 9.17) is 0 Å². The number of aromatic nitrogens is 2. The molecule has 0 aliphatic carbocycles. The zero-order chi connectivity index (χ0) is 14.8. The number of hydrogen-bond acceptors (Lipinski definition) is 5. The first-order chi connectivity index (χ1) is 10.1. The first kappa shape index (κ1) is 13.0. The van der Waals surface area contributed by atoms with Gasteiger partial charge in [-0.1, -0.05) is 18.2 Å². The number of anilines is 2. The first-order valence-electron chi connectivity index (χ1n) is 6.37. The van der Waals surface area contributed by atoms with Crippen molar-refractivity contribution in [1.29, 1.82) is 0 Å². The minimum Gasteiger partial charge on any atom is -0.324 e. The summed E-state index contributed by atoms with van der Waals surface area (Å²) in [4.78, 5) is 19.0. The van der Waals surface area contributed by atoms with Crippen LogP contribution in [0, 0.1) is 17.0 Å². The molecule has 0 fully saturated rings. The maximum atomic E-state index is 11.0. The lowest BCUT2D eigenvalue weighted by atomic mass is 10.2. The molecule has 0 radical (unpaired) electrons. The van der Waals surface area contributed by atoms with Gasteiger partial charge >= 0.3 is 0 Å². The molecule has 0 saturated carbocycles. The molecule has 0 aliphatic heterocycles. The van der Waals surface area contributed by atoms with Crippen LogP contribution in [0.5, 0.6) is 0 Å². The van der Waals surface area contributed by atoms with Crippen LogP contribution in [-0.4, -0.2) is 14.9 Å². The van der Waals surface area contributed by atoms with E-state index in [-0.39, 0.29) is 5.69 Å². The summed E-state index contributed by atoms with van der Waals surface area (Å²) in [5.74, 6) is 0.411. The third-order valence-electron chi connectivity index (χ3n) is 3.07.